The number of ether oxygens (including phenoxy) is 5. The second kappa shape index (κ2) is 58.0. The number of unbranched alkanes of at least 4 members (excludes halogenated alkanes) is 26. The molecule has 12 nitrogen and oxygen atoms in total. The van der Waals surface area contributed by atoms with Gasteiger partial charge in [0.15, 0.2) is 24.6 Å². The van der Waals surface area contributed by atoms with Crippen LogP contribution < -0.4 is 0 Å². The number of allylic oxidation sites excluding steroid dienone is 16. The number of aliphatic hydroxyl groups is 2. The van der Waals surface area contributed by atoms with E-state index < -0.39 is 67.3 Å². The Morgan fingerprint density at radius 3 is 1.10 bits per heavy atom. The first kappa shape index (κ1) is 76.7. The van der Waals surface area contributed by atoms with Crippen LogP contribution in [0.3, 0.4) is 0 Å². The molecule has 0 aliphatic carbocycles. The minimum atomic E-state index is -1.92. The number of hydrogen-bond acceptors (Lipinski definition) is 11. The summed E-state index contributed by atoms with van der Waals surface area (Å²) in [6.07, 6.45) is 64.9. The van der Waals surface area contributed by atoms with Crippen LogP contribution in [0.4, 0.5) is 0 Å². The van der Waals surface area contributed by atoms with Gasteiger partial charge in [-0.1, -0.05) is 227 Å². The van der Waals surface area contributed by atoms with Crippen molar-refractivity contribution in [3.63, 3.8) is 0 Å². The topological polar surface area (TPSA) is 175 Å². The van der Waals surface area contributed by atoms with Crippen LogP contribution >= 0.6 is 0 Å². The average molecular weight is 1160 g/mol. The zero-order chi connectivity index (χ0) is 60.3. The Bertz CT molecular complexity index is 1810. The lowest BCUT2D eigenvalue weighted by Gasteiger charge is -2.40. The van der Waals surface area contributed by atoms with Crippen molar-refractivity contribution in [3.8, 4) is 0 Å². The molecule has 6 unspecified atom stereocenters. The lowest BCUT2D eigenvalue weighted by atomic mass is 9.98. The van der Waals surface area contributed by atoms with Gasteiger partial charge in [-0.05, 0) is 128 Å². The van der Waals surface area contributed by atoms with Gasteiger partial charge in [0.05, 0.1) is 6.61 Å². The number of carboxylic acid groups (broad SMARTS) is 1. The van der Waals surface area contributed by atoms with Gasteiger partial charge >= 0.3 is 23.9 Å². The summed E-state index contributed by atoms with van der Waals surface area (Å²) in [6, 6.07) is 0. The molecule has 474 valence electrons. The summed E-state index contributed by atoms with van der Waals surface area (Å²) in [5.41, 5.74) is 0. The smallest absolute Gasteiger partial charge is 0.335 e. The minimum Gasteiger partial charge on any atom is -0.479 e. The first-order valence-corrected chi connectivity index (χ1v) is 33.2. The van der Waals surface area contributed by atoms with E-state index in [1.807, 2.05) is 0 Å². The molecule has 1 aliphatic heterocycles. The van der Waals surface area contributed by atoms with Crippen LogP contribution in [0, 0.1) is 0 Å². The normalized spacial score (nSPS) is 18.2. The largest absolute Gasteiger partial charge is 0.479 e. The van der Waals surface area contributed by atoms with Gasteiger partial charge in [0, 0.05) is 19.3 Å². The molecule has 12 heteroatoms. The van der Waals surface area contributed by atoms with Gasteiger partial charge in [-0.3, -0.25) is 14.4 Å². The number of carboxylic acids is 1. The van der Waals surface area contributed by atoms with Crippen molar-refractivity contribution in [2.45, 2.75) is 314 Å². The Morgan fingerprint density at radius 2 is 0.723 bits per heavy atom. The van der Waals surface area contributed by atoms with Crippen molar-refractivity contribution in [1.82, 2.24) is 0 Å². The zero-order valence-corrected chi connectivity index (χ0v) is 52.4. The van der Waals surface area contributed by atoms with Crippen LogP contribution in [0.15, 0.2) is 97.2 Å². The molecule has 83 heavy (non-hydrogen) atoms. The van der Waals surface area contributed by atoms with Crippen LogP contribution in [0.1, 0.15) is 278 Å². The summed E-state index contributed by atoms with van der Waals surface area (Å²) < 4.78 is 28.5. The lowest BCUT2D eigenvalue weighted by Crippen LogP contribution is -2.61. The van der Waals surface area contributed by atoms with E-state index >= 15 is 0 Å². The monoisotopic (exact) mass is 1160 g/mol. The highest BCUT2D eigenvalue weighted by atomic mass is 16.7. The van der Waals surface area contributed by atoms with Gasteiger partial charge < -0.3 is 39.0 Å². The molecule has 1 saturated heterocycles. The molecular formula is C71H118O12. The van der Waals surface area contributed by atoms with Crippen molar-refractivity contribution < 1.29 is 58.2 Å². The van der Waals surface area contributed by atoms with Crippen LogP contribution in [0.5, 0.6) is 0 Å². The minimum absolute atomic E-state index is 0.0392. The number of hydrogen-bond donors (Lipinski definition) is 3. The third-order valence-corrected chi connectivity index (χ3v) is 14.6. The van der Waals surface area contributed by atoms with Crippen LogP contribution in [0.25, 0.3) is 0 Å². The van der Waals surface area contributed by atoms with Crippen molar-refractivity contribution in [2.24, 2.45) is 0 Å². The van der Waals surface area contributed by atoms with Gasteiger partial charge in [-0.2, -0.15) is 0 Å². The molecule has 3 N–H and O–H groups in total. The van der Waals surface area contributed by atoms with E-state index in [0.29, 0.717) is 19.3 Å². The van der Waals surface area contributed by atoms with Gasteiger partial charge in [0.1, 0.15) is 18.8 Å². The summed E-state index contributed by atoms with van der Waals surface area (Å²) in [4.78, 5) is 51.4. The standard InChI is InChI=1S/C71H118O12/c1-4-7-10-13-16-19-22-25-28-30-32-34-37-39-42-45-48-51-54-57-63(72)79-60-62(81-64(73)58-55-52-49-46-43-40-36-27-24-21-18-15-12-9-6-3)61-80-71-69(67(76)66(75)68(83-71)70(77)78)82-65(74)59-56-53-50-47-44-41-38-35-33-31-29-26-23-20-17-14-11-8-5-2/h16-21,25-29,32-36,62,66-69,71,75-76H,4-15,22-24,30-31,37-61H2,1-3H3,(H,77,78)/b19-16-,20-17-,21-18-,28-25-,29-26-,34-32-,35-33-,36-27-. The second-order valence-electron chi connectivity index (χ2n) is 22.4. The number of aliphatic hydroxyl groups excluding tert-OH is 2. The maximum Gasteiger partial charge on any atom is 0.335 e. The highest BCUT2D eigenvalue weighted by Gasteiger charge is 2.50. The summed E-state index contributed by atoms with van der Waals surface area (Å²) in [5, 5.41) is 31.6. The summed E-state index contributed by atoms with van der Waals surface area (Å²) in [7, 11) is 0. The van der Waals surface area contributed by atoms with Crippen molar-refractivity contribution in [3.05, 3.63) is 97.2 Å². The molecular weight excluding hydrogens is 1040 g/mol. The molecule has 1 fully saturated rings. The summed E-state index contributed by atoms with van der Waals surface area (Å²) in [5.74, 6) is -3.17. The van der Waals surface area contributed by atoms with Gasteiger partial charge in [0.2, 0.25) is 0 Å². The van der Waals surface area contributed by atoms with E-state index in [0.717, 1.165) is 154 Å². The molecule has 0 saturated carbocycles. The van der Waals surface area contributed by atoms with E-state index in [9.17, 15) is 34.5 Å². The molecule has 0 amide bonds. The Hall–Kier alpha value is -4.36. The van der Waals surface area contributed by atoms with Crippen molar-refractivity contribution >= 4 is 23.9 Å². The number of rotatable bonds is 56. The Kier molecular flexibility index (Phi) is 53.6. The fraction of sp³-hybridized carbons (Fsp3) is 0.718. The molecule has 0 bridgehead atoms. The molecule has 0 spiro atoms. The fourth-order valence-electron chi connectivity index (χ4n) is 9.47. The summed E-state index contributed by atoms with van der Waals surface area (Å²) in [6.45, 7) is 5.91. The predicted octanol–water partition coefficient (Wildman–Crippen LogP) is 18.0. The number of carbonyl (C=O) groups is 4. The fourth-order valence-corrected chi connectivity index (χ4v) is 9.47. The summed E-state index contributed by atoms with van der Waals surface area (Å²) >= 11 is 0. The highest BCUT2D eigenvalue weighted by Crippen LogP contribution is 2.26. The van der Waals surface area contributed by atoms with Gasteiger partial charge in [-0.15, -0.1) is 0 Å². The van der Waals surface area contributed by atoms with Crippen LogP contribution in [-0.4, -0.2) is 89.2 Å². The zero-order valence-electron chi connectivity index (χ0n) is 52.4. The van der Waals surface area contributed by atoms with Crippen LogP contribution in [-0.2, 0) is 42.9 Å². The first-order valence-electron chi connectivity index (χ1n) is 33.2. The number of carbonyl (C=O) groups excluding carboxylic acids is 3. The molecule has 1 rings (SSSR count). The van der Waals surface area contributed by atoms with E-state index in [-0.39, 0.29) is 25.9 Å². The van der Waals surface area contributed by atoms with E-state index in [4.69, 9.17) is 23.7 Å². The highest BCUT2D eigenvalue weighted by molar-refractivity contribution is 5.74. The van der Waals surface area contributed by atoms with Crippen molar-refractivity contribution in [2.75, 3.05) is 13.2 Å². The van der Waals surface area contributed by atoms with E-state index in [1.165, 1.54) is 64.2 Å². The second-order valence-corrected chi connectivity index (χ2v) is 22.4. The van der Waals surface area contributed by atoms with E-state index in [1.54, 1.807) is 0 Å². The van der Waals surface area contributed by atoms with Crippen molar-refractivity contribution in [1.29, 1.82) is 0 Å². The molecule has 0 aromatic heterocycles. The number of aliphatic carboxylic acids is 1. The first-order chi connectivity index (χ1) is 40.6. The Morgan fingerprint density at radius 1 is 0.398 bits per heavy atom. The van der Waals surface area contributed by atoms with Gasteiger partial charge in [-0.25, -0.2) is 4.79 Å². The maximum atomic E-state index is 13.2. The Labute approximate surface area is 504 Å². The molecule has 0 aromatic carbocycles. The third-order valence-electron chi connectivity index (χ3n) is 14.6. The molecule has 0 aromatic rings. The molecule has 1 heterocycles. The lowest BCUT2D eigenvalue weighted by molar-refractivity contribution is -0.301. The quantitative estimate of drug-likeness (QED) is 0.0228. The SMILES string of the molecule is CCCCC/C=C\C/C=C\C/C=C\CCCCCCCCC(=O)OCC(COC1OC(C(=O)O)C(O)C(O)C1OC(=O)CCCCCCCC/C=C\C/C=C\C/C=C\CCCCC)OC(=O)CCCCCCC/C=C\C/C=C\CCCCC. The molecule has 0 radical (unpaired) electrons. The average Bonchev–Trinajstić information content (AvgIpc) is 3.57. The molecule has 1 aliphatic rings. The van der Waals surface area contributed by atoms with Crippen LogP contribution in [0.2, 0.25) is 0 Å². The third kappa shape index (κ3) is 47.6. The maximum absolute atomic E-state index is 13.2. The van der Waals surface area contributed by atoms with Gasteiger partial charge in [0.25, 0.3) is 0 Å². The van der Waals surface area contributed by atoms with E-state index in [2.05, 4.69) is 118 Å². The predicted molar refractivity (Wildman–Crippen MR) is 340 cm³/mol. The number of esters is 3. The Balaban J connectivity index is 2.68. The molecule has 6 atom stereocenters.